The van der Waals surface area contributed by atoms with Crippen LogP contribution in [0.15, 0.2) is 18.2 Å². The molecule has 12 heavy (non-hydrogen) atoms. The van der Waals surface area contributed by atoms with E-state index in [0.29, 0.717) is 5.69 Å². The highest BCUT2D eigenvalue weighted by molar-refractivity contribution is 5.96. The van der Waals surface area contributed by atoms with Crippen LogP contribution >= 0.6 is 0 Å². The molecule has 0 spiro atoms. The Bertz CT molecular complexity index is 307. The standard InChI is InChI=1S/C9H11FN2/c1-2-6-3-4-8(11)7(5-6)9(10)12/h3-5,12H,2,11H2,1H3. The van der Waals surface area contributed by atoms with Crippen molar-refractivity contribution in [3.63, 3.8) is 0 Å². The van der Waals surface area contributed by atoms with E-state index < -0.39 is 5.97 Å². The summed E-state index contributed by atoms with van der Waals surface area (Å²) < 4.78 is 12.5. The van der Waals surface area contributed by atoms with Crippen LogP contribution in [0.2, 0.25) is 0 Å². The average molecular weight is 166 g/mol. The Morgan fingerprint density at radius 1 is 1.58 bits per heavy atom. The van der Waals surface area contributed by atoms with E-state index in [-0.39, 0.29) is 5.56 Å². The Hall–Kier alpha value is -1.38. The summed E-state index contributed by atoms with van der Waals surface area (Å²) in [4.78, 5) is 0. The molecule has 0 saturated carbocycles. The third kappa shape index (κ3) is 1.61. The van der Waals surface area contributed by atoms with Gasteiger partial charge in [0, 0.05) is 5.69 Å². The van der Waals surface area contributed by atoms with Gasteiger partial charge in [0.05, 0.1) is 5.56 Å². The Kier molecular flexibility index (Phi) is 2.43. The molecule has 0 aliphatic carbocycles. The van der Waals surface area contributed by atoms with Crippen molar-refractivity contribution in [2.45, 2.75) is 13.3 Å². The molecule has 0 fully saturated rings. The first-order valence-corrected chi connectivity index (χ1v) is 3.78. The first-order chi connectivity index (χ1) is 5.65. The van der Waals surface area contributed by atoms with Crippen LogP contribution in [-0.4, -0.2) is 5.97 Å². The Morgan fingerprint density at radius 3 is 2.75 bits per heavy atom. The molecule has 0 amide bonds. The molecule has 1 aromatic rings. The quantitative estimate of drug-likeness (QED) is 0.513. The molecule has 64 valence electrons. The van der Waals surface area contributed by atoms with Crippen molar-refractivity contribution in [2.75, 3.05) is 5.73 Å². The molecule has 0 bridgehead atoms. The van der Waals surface area contributed by atoms with Gasteiger partial charge in [0.1, 0.15) is 0 Å². The molecule has 0 atom stereocenters. The minimum atomic E-state index is -0.970. The maximum Gasteiger partial charge on any atom is 0.214 e. The van der Waals surface area contributed by atoms with Gasteiger partial charge in [-0.2, -0.15) is 4.39 Å². The van der Waals surface area contributed by atoms with Crippen LogP contribution in [0.1, 0.15) is 18.1 Å². The van der Waals surface area contributed by atoms with E-state index >= 15 is 0 Å². The van der Waals surface area contributed by atoms with Crippen molar-refractivity contribution < 1.29 is 4.39 Å². The number of anilines is 1. The number of nitrogen functional groups attached to an aromatic ring is 1. The van der Waals surface area contributed by atoms with Crippen LogP contribution in [0.5, 0.6) is 0 Å². The number of aryl methyl sites for hydroxylation is 1. The summed E-state index contributed by atoms with van der Waals surface area (Å²) in [6.07, 6.45) is 0.820. The highest BCUT2D eigenvalue weighted by atomic mass is 19.1. The van der Waals surface area contributed by atoms with Gasteiger partial charge >= 0.3 is 0 Å². The number of hydrogen-bond donors (Lipinski definition) is 2. The highest BCUT2D eigenvalue weighted by Crippen LogP contribution is 2.15. The third-order valence-corrected chi connectivity index (χ3v) is 1.76. The fourth-order valence-corrected chi connectivity index (χ4v) is 1.01. The Morgan fingerprint density at radius 2 is 2.25 bits per heavy atom. The van der Waals surface area contributed by atoms with Gasteiger partial charge in [0.2, 0.25) is 5.97 Å². The van der Waals surface area contributed by atoms with Crippen LogP contribution in [0.3, 0.4) is 0 Å². The zero-order valence-electron chi connectivity index (χ0n) is 6.89. The second-order valence-electron chi connectivity index (χ2n) is 2.59. The average Bonchev–Trinajstić information content (AvgIpc) is 2.05. The van der Waals surface area contributed by atoms with Crippen molar-refractivity contribution in [2.24, 2.45) is 0 Å². The minimum Gasteiger partial charge on any atom is -0.398 e. The van der Waals surface area contributed by atoms with E-state index in [1.165, 1.54) is 0 Å². The maximum atomic E-state index is 12.5. The minimum absolute atomic E-state index is 0.189. The fraction of sp³-hybridized carbons (Fsp3) is 0.222. The lowest BCUT2D eigenvalue weighted by Gasteiger charge is -2.03. The van der Waals surface area contributed by atoms with Crippen LogP contribution in [0.25, 0.3) is 0 Å². The number of rotatable bonds is 2. The van der Waals surface area contributed by atoms with E-state index in [1.54, 1.807) is 12.1 Å². The molecule has 0 aliphatic rings. The molecular weight excluding hydrogens is 155 g/mol. The number of nitrogens with two attached hydrogens (primary N) is 1. The van der Waals surface area contributed by atoms with Gasteiger partial charge in [-0.3, -0.25) is 5.41 Å². The summed E-state index contributed by atoms with van der Waals surface area (Å²) in [7, 11) is 0. The lowest BCUT2D eigenvalue weighted by molar-refractivity contribution is 0.798. The molecule has 0 heterocycles. The SMILES string of the molecule is CCc1ccc(N)c(C(=N)F)c1. The van der Waals surface area contributed by atoms with Crippen LogP contribution in [-0.2, 0) is 6.42 Å². The molecule has 3 heteroatoms. The number of halogens is 1. The lowest BCUT2D eigenvalue weighted by Crippen LogP contribution is -1.99. The predicted octanol–water partition coefficient (Wildman–Crippen LogP) is 2.13. The van der Waals surface area contributed by atoms with Crippen molar-refractivity contribution in [3.05, 3.63) is 29.3 Å². The van der Waals surface area contributed by atoms with E-state index in [4.69, 9.17) is 11.1 Å². The molecular formula is C9H11FN2. The van der Waals surface area contributed by atoms with Gasteiger partial charge < -0.3 is 5.73 Å². The molecule has 1 aromatic carbocycles. The van der Waals surface area contributed by atoms with Crippen molar-refractivity contribution >= 4 is 11.7 Å². The van der Waals surface area contributed by atoms with Crippen molar-refractivity contribution in [3.8, 4) is 0 Å². The molecule has 0 aromatic heterocycles. The third-order valence-electron chi connectivity index (χ3n) is 1.76. The zero-order chi connectivity index (χ0) is 9.14. The summed E-state index contributed by atoms with van der Waals surface area (Å²) in [5.41, 5.74) is 6.96. The summed E-state index contributed by atoms with van der Waals surface area (Å²) in [6.45, 7) is 1.97. The highest BCUT2D eigenvalue weighted by Gasteiger charge is 2.04. The molecule has 0 aliphatic heterocycles. The summed E-state index contributed by atoms with van der Waals surface area (Å²) in [6, 6.07) is 5.07. The van der Waals surface area contributed by atoms with Gasteiger partial charge in [-0.25, -0.2) is 0 Å². The Balaban J connectivity index is 3.17. The van der Waals surface area contributed by atoms with Crippen LogP contribution < -0.4 is 5.73 Å². The number of hydrogen-bond acceptors (Lipinski definition) is 2. The first kappa shape index (κ1) is 8.71. The van der Waals surface area contributed by atoms with E-state index in [9.17, 15) is 4.39 Å². The van der Waals surface area contributed by atoms with Gasteiger partial charge in [-0.1, -0.05) is 13.0 Å². The summed E-state index contributed by atoms with van der Waals surface area (Å²) in [5.74, 6) is -0.970. The molecule has 0 unspecified atom stereocenters. The molecule has 1 rings (SSSR count). The monoisotopic (exact) mass is 166 g/mol. The second-order valence-corrected chi connectivity index (χ2v) is 2.59. The Labute approximate surface area is 70.7 Å². The van der Waals surface area contributed by atoms with Crippen LogP contribution in [0, 0.1) is 5.41 Å². The van der Waals surface area contributed by atoms with Crippen LogP contribution in [0.4, 0.5) is 10.1 Å². The summed E-state index contributed by atoms with van der Waals surface area (Å²) >= 11 is 0. The van der Waals surface area contributed by atoms with E-state index in [1.807, 2.05) is 13.0 Å². The maximum absolute atomic E-state index is 12.5. The second kappa shape index (κ2) is 3.34. The van der Waals surface area contributed by atoms with Crippen molar-refractivity contribution in [1.82, 2.24) is 0 Å². The largest absolute Gasteiger partial charge is 0.398 e. The first-order valence-electron chi connectivity index (χ1n) is 3.78. The van der Waals surface area contributed by atoms with Gasteiger partial charge in [0.25, 0.3) is 0 Å². The summed E-state index contributed by atoms with van der Waals surface area (Å²) in [5, 5.41) is 6.80. The fourth-order valence-electron chi connectivity index (χ4n) is 1.01. The number of benzene rings is 1. The number of nitrogens with one attached hydrogen (secondary N) is 1. The normalized spacial score (nSPS) is 9.83. The molecule has 0 saturated heterocycles. The molecule has 0 radical (unpaired) electrons. The zero-order valence-corrected chi connectivity index (χ0v) is 6.89. The van der Waals surface area contributed by atoms with Gasteiger partial charge in [0.15, 0.2) is 0 Å². The van der Waals surface area contributed by atoms with Gasteiger partial charge in [-0.15, -0.1) is 0 Å². The van der Waals surface area contributed by atoms with E-state index in [2.05, 4.69) is 0 Å². The molecule has 3 N–H and O–H groups in total. The topological polar surface area (TPSA) is 49.9 Å². The molecule has 2 nitrogen and oxygen atoms in total. The van der Waals surface area contributed by atoms with Gasteiger partial charge in [-0.05, 0) is 24.1 Å². The van der Waals surface area contributed by atoms with Crippen molar-refractivity contribution in [1.29, 1.82) is 5.41 Å². The lowest BCUT2D eigenvalue weighted by atomic mass is 10.1. The van der Waals surface area contributed by atoms with E-state index in [0.717, 1.165) is 12.0 Å². The predicted molar refractivity (Wildman–Crippen MR) is 48.2 cm³/mol. The smallest absolute Gasteiger partial charge is 0.214 e.